The molecule has 1 saturated heterocycles. The van der Waals surface area contributed by atoms with Crippen molar-refractivity contribution >= 4 is 17.5 Å². The van der Waals surface area contributed by atoms with Crippen LogP contribution in [-0.2, 0) is 16.1 Å². The van der Waals surface area contributed by atoms with E-state index in [-0.39, 0.29) is 17.4 Å². The van der Waals surface area contributed by atoms with Gasteiger partial charge in [0.15, 0.2) is 0 Å². The van der Waals surface area contributed by atoms with Crippen molar-refractivity contribution in [1.82, 2.24) is 9.47 Å². The Balaban J connectivity index is 1.71. The molecule has 142 valence electrons. The van der Waals surface area contributed by atoms with Gasteiger partial charge in [0, 0.05) is 55.0 Å². The third kappa shape index (κ3) is 3.54. The van der Waals surface area contributed by atoms with E-state index in [0.29, 0.717) is 37.1 Å². The van der Waals surface area contributed by atoms with Crippen molar-refractivity contribution in [3.05, 3.63) is 57.5 Å². The van der Waals surface area contributed by atoms with Crippen LogP contribution < -0.4 is 5.56 Å². The van der Waals surface area contributed by atoms with Gasteiger partial charge in [-0.25, -0.2) is 0 Å². The van der Waals surface area contributed by atoms with Crippen molar-refractivity contribution in [3.8, 4) is 11.1 Å². The number of methoxy groups -OCH3 is 1. The summed E-state index contributed by atoms with van der Waals surface area (Å²) in [4.78, 5) is 27.0. The summed E-state index contributed by atoms with van der Waals surface area (Å²) < 4.78 is 6.97. The highest BCUT2D eigenvalue weighted by atomic mass is 35.5. The fraction of sp³-hybridized carbons (Fsp3) is 0.429. The van der Waals surface area contributed by atoms with Crippen LogP contribution in [0.15, 0.2) is 41.2 Å². The first-order valence-electron chi connectivity index (χ1n) is 9.33. The van der Waals surface area contributed by atoms with Gasteiger partial charge in [0.25, 0.3) is 5.56 Å². The van der Waals surface area contributed by atoms with Crippen LogP contribution in [0.3, 0.4) is 0 Å². The molecule has 2 aliphatic rings. The molecule has 1 aromatic carbocycles. The number of carbonyl (C=O) groups is 1. The number of halogens is 1. The molecule has 0 saturated carbocycles. The third-order valence-corrected chi connectivity index (χ3v) is 5.87. The summed E-state index contributed by atoms with van der Waals surface area (Å²) in [7, 11) is 1.61. The van der Waals surface area contributed by atoms with E-state index in [0.717, 1.165) is 29.8 Å². The lowest BCUT2D eigenvalue weighted by Crippen LogP contribution is -2.49. The number of likely N-dealkylation sites (tertiary alicyclic amines) is 1. The van der Waals surface area contributed by atoms with E-state index in [1.165, 1.54) is 0 Å². The molecule has 0 spiro atoms. The van der Waals surface area contributed by atoms with E-state index in [1.54, 1.807) is 13.2 Å². The maximum Gasteiger partial charge on any atom is 0.250 e. The lowest BCUT2D eigenvalue weighted by Gasteiger charge is -2.43. The SMILES string of the molecule is COCCC(=O)N1C[C@@H]2C[C@H](C1)c1c(-c3ccc(Cl)cc3)ccc(=O)n1C2. The van der Waals surface area contributed by atoms with E-state index >= 15 is 0 Å². The van der Waals surface area contributed by atoms with Crippen molar-refractivity contribution in [2.75, 3.05) is 26.8 Å². The maximum atomic E-state index is 12.5. The second-order valence-corrected chi connectivity index (χ2v) is 7.86. The highest BCUT2D eigenvalue weighted by Gasteiger charge is 2.37. The van der Waals surface area contributed by atoms with E-state index in [4.69, 9.17) is 16.3 Å². The number of pyridine rings is 1. The average molecular weight is 387 g/mol. The van der Waals surface area contributed by atoms with E-state index in [2.05, 4.69) is 0 Å². The summed E-state index contributed by atoms with van der Waals surface area (Å²) in [5, 5.41) is 0.688. The zero-order valence-electron chi connectivity index (χ0n) is 15.4. The van der Waals surface area contributed by atoms with Gasteiger partial charge in [-0.15, -0.1) is 0 Å². The van der Waals surface area contributed by atoms with Crippen LogP contribution in [0.5, 0.6) is 0 Å². The number of ether oxygens (including phenoxy) is 1. The molecule has 6 heteroatoms. The molecule has 4 rings (SSSR count). The third-order valence-electron chi connectivity index (χ3n) is 5.62. The number of piperidine rings is 1. The van der Waals surface area contributed by atoms with Crippen molar-refractivity contribution in [1.29, 1.82) is 0 Å². The Kier molecular flexibility index (Phi) is 5.06. The second kappa shape index (κ2) is 7.49. The van der Waals surface area contributed by atoms with Gasteiger partial charge in [0.2, 0.25) is 5.91 Å². The van der Waals surface area contributed by atoms with Gasteiger partial charge < -0.3 is 14.2 Å². The number of amides is 1. The summed E-state index contributed by atoms with van der Waals surface area (Å²) >= 11 is 6.04. The van der Waals surface area contributed by atoms with Crippen molar-refractivity contribution in [3.63, 3.8) is 0 Å². The van der Waals surface area contributed by atoms with Gasteiger partial charge >= 0.3 is 0 Å². The second-order valence-electron chi connectivity index (χ2n) is 7.43. The molecule has 1 fully saturated rings. The topological polar surface area (TPSA) is 51.5 Å². The van der Waals surface area contributed by atoms with Crippen molar-refractivity contribution in [2.45, 2.75) is 25.3 Å². The van der Waals surface area contributed by atoms with Gasteiger partial charge in [-0.05, 0) is 36.1 Å². The first-order valence-corrected chi connectivity index (χ1v) is 9.71. The number of nitrogens with zero attached hydrogens (tertiary/aromatic N) is 2. The molecule has 0 N–H and O–H groups in total. The predicted molar refractivity (Wildman–Crippen MR) is 105 cm³/mol. The molecule has 1 amide bonds. The number of rotatable bonds is 4. The van der Waals surface area contributed by atoms with Crippen LogP contribution in [0.1, 0.15) is 24.5 Å². The normalized spacial score (nSPS) is 21.0. The lowest BCUT2D eigenvalue weighted by molar-refractivity contribution is -0.134. The minimum Gasteiger partial charge on any atom is -0.384 e. The highest BCUT2D eigenvalue weighted by molar-refractivity contribution is 6.30. The number of fused-ring (bicyclic) bond motifs is 4. The van der Waals surface area contributed by atoms with Gasteiger partial charge in [0.05, 0.1) is 13.0 Å². The minimum atomic E-state index is 0.0385. The standard InChI is InChI=1S/C21H23ClN2O3/c1-27-9-8-19(25)23-11-14-10-16(13-23)21-18(6-7-20(26)24(21)12-14)15-2-4-17(22)5-3-15/h2-7,14,16H,8-13H2,1H3/t14-,16+/m0/s1. The zero-order chi connectivity index (χ0) is 19.0. The number of hydrogen-bond donors (Lipinski definition) is 0. The van der Waals surface area contributed by atoms with E-state index in [9.17, 15) is 9.59 Å². The maximum absolute atomic E-state index is 12.5. The monoisotopic (exact) mass is 386 g/mol. The van der Waals surface area contributed by atoms with Crippen LogP contribution in [-0.4, -0.2) is 42.2 Å². The Morgan fingerprint density at radius 3 is 2.67 bits per heavy atom. The molecule has 3 heterocycles. The van der Waals surface area contributed by atoms with E-state index < -0.39 is 0 Å². The smallest absolute Gasteiger partial charge is 0.250 e. The molecule has 2 aromatic rings. The van der Waals surface area contributed by atoms with Crippen molar-refractivity contribution in [2.24, 2.45) is 5.92 Å². The van der Waals surface area contributed by atoms with Gasteiger partial charge in [-0.3, -0.25) is 9.59 Å². The Morgan fingerprint density at radius 2 is 1.93 bits per heavy atom. The first-order chi connectivity index (χ1) is 13.1. The largest absolute Gasteiger partial charge is 0.384 e. The van der Waals surface area contributed by atoms with Crippen molar-refractivity contribution < 1.29 is 9.53 Å². The summed E-state index contributed by atoms with van der Waals surface area (Å²) in [6.45, 7) is 2.48. The molecule has 2 atom stereocenters. The fourth-order valence-corrected chi connectivity index (χ4v) is 4.57. The van der Waals surface area contributed by atoms with Gasteiger partial charge in [-0.1, -0.05) is 23.7 Å². The summed E-state index contributed by atoms with van der Waals surface area (Å²) in [6.07, 6.45) is 1.42. The molecule has 2 bridgehead atoms. The van der Waals surface area contributed by atoms with Crippen LogP contribution in [0, 0.1) is 5.92 Å². The van der Waals surface area contributed by atoms with E-state index in [1.807, 2.05) is 39.8 Å². The molecule has 0 radical (unpaired) electrons. The number of carbonyl (C=O) groups excluding carboxylic acids is 1. The summed E-state index contributed by atoms with van der Waals surface area (Å²) in [6, 6.07) is 11.3. The summed E-state index contributed by atoms with van der Waals surface area (Å²) in [5.41, 5.74) is 3.19. The number of benzene rings is 1. The van der Waals surface area contributed by atoms with Crippen LogP contribution in [0.2, 0.25) is 5.02 Å². The Hall–Kier alpha value is -2.11. The Morgan fingerprint density at radius 1 is 1.15 bits per heavy atom. The molecule has 5 nitrogen and oxygen atoms in total. The lowest BCUT2D eigenvalue weighted by atomic mass is 9.80. The zero-order valence-corrected chi connectivity index (χ0v) is 16.1. The molecule has 0 aliphatic carbocycles. The molecule has 2 aliphatic heterocycles. The van der Waals surface area contributed by atoms with Crippen LogP contribution in [0.25, 0.3) is 11.1 Å². The van der Waals surface area contributed by atoms with Gasteiger partial charge in [-0.2, -0.15) is 0 Å². The highest BCUT2D eigenvalue weighted by Crippen LogP contribution is 2.40. The van der Waals surface area contributed by atoms with Crippen LogP contribution in [0.4, 0.5) is 0 Å². The number of aromatic nitrogens is 1. The molecule has 1 aromatic heterocycles. The number of hydrogen-bond acceptors (Lipinski definition) is 3. The quantitative estimate of drug-likeness (QED) is 0.811. The fourth-order valence-electron chi connectivity index (χ4n) is 4.44. The first kappa shape index (κ1) is 18.3. The Bertz CT molecular complexity index is 907. The summed E-state index contributed by atoms with van der Waals surface area (Å²) in [5.74, 6) is 0.621. The minimum absolute atomic E-state index is 0.0385. The molecular formula is C21H23ClN2O3. The Labute approximate surface area is 163 Å². The molecule has 27 heavy (non-hydrogen) atoms. The van der Waals surface area contributed by atoms with Gasteiger partial charge in [0.1, 0.15) is 0 Å². The molecular weight excluding hydrogens is 364 g/mol. The average Bonchev–Trinajstić information content (AvgIpc) is 2.67. The van der Waals surface area contributed by atoms with Crippen LogP contribution >= 0.6 is 11.6 Å². The molecule has 0 unspecified atom stereocenters. The predicted octanol–water partition coefficient (Wildman–Crippen LogP) is 3.15.